The van der Waals surface area contributed by atoms with Crippen LogP contribution in [0.2, 0.25) is 0 Å². The average Bonchev–Trinajstić information content (AvgIpc) is 2.41. The average molecular weight is 336 g/mol. The number of benzene rings is 1. The van der Waals surface area contributed by atoms with Crippen molar-refractivity contribution in [3.05, 3.63) is 42.2 Å². The Morgan fingerprint density at radius 2 is 2.19 bits per heavy atom. The molecule has 0 unspecified atom stereocenters. The van der Waals surface area contributed by atoms with Crippen molar-refractivity contribution in [2.45, 2.75) is 4.90 Å². The summed E-state index contributed by atoms with van der Waals surface area (Å²) in [6.45, 7) is 4.30. The van der Waals surface area contributed by atoms with E-state index in [1.165, 1.54) is 18.1 Å². The van der Waals surface area contributed by atoms with E-state index in [1.807, 2.05) is 0 Å². The van der Waals surface area contributed by atoms with E-state index in [-0.39, 0.29) is 25.3 Å². The van der Waals surface area contributed by atoms with Crippen molar-refractivity contribution in [2.24, 2.45) is 0 Å². The summed E-state index contributed by atoms with van der Waals surface area (Å²) in [5.74, 6) is -1.53. The molecule has 0 aromatic heterocycles. The molecule has 1 amide bonds. The molecule has 0 aliphatic carbocycles. The molecule has 0 radical (unpaired) electrons. The van der Waals surface area contributed by atoms with Gasteiger partial charge in [0, 0.05) is 30.9 Å². The highest BCUT2D eigenvalue weighted by atomic mass is 35.7. The molecule has 116 valence electrons. The number of hydrogen-bond acceptors (Lipinski definition) is 4. The minimum absolute atomic E-state index is 0.219. The van der Waals surface area contributed by atoms with Crippen molar-refractivity contribution in [2.75, 3.05) is 26.8 Å². The van der Waals surface area contributed by atoms with Crippen molar-refractivity contribution < 1.29 is 22.3 Å². The first-order valence-corrected chi connectivity index (χ1v) is 8.25. The van der Waals surface area contributed by atoms with E-state index in [0.29, 0.717) is 0 Å². The third-order valence-electron chi connectivity index (χ3n) is 2.65. The molecule has 1 rings (SSSR count). The number of halogens is 2. The maximum absolute atomic E-state index is 13.9. The summed E-state index contributed by atoms with van der Waals surface area (Å²) in [5.41, 5.74) is -0.239. The fourth-order valence-corrected chi connectivity index (χ4v) is 2.39. The second-order valence-electron chi connectivity index (χ2n) is 4.11. The first-order chi connectivity index (χ1) is 9.81. The van der Waals surface area contributed by atoms with Crippen LogP contribution < -0.4 is 0 Å². The van der Waals surface area contributed by atoms with Gasteiger partial charge < -0.3 is 9.64 Å². The van der Waals surface area contributed by atoms with Crippen LogP contribution in [0.1, 0.15) is 10.4 Å². The fraction of sp³-hybridized carbons (Fsp3) is 0.308. The Morgan fingerprint density at radius 1 is 1.52 bits per heavy atom. The van der Waals surface area contributed by atoms with Crippen molar-refractivity contribution >= 4 is 25.6 Å². The van der Waals surface area contributed by atoms with Gasteiger partial charge in [0.2, 0.25) is 0 Å². The number of carbonyl (C=O) groups is 1. The third-order valence-corrected chi connectivity index (χ3v) is 4.01. The normalized spacial score (nSPS) is 11.2. The SMILES string of the molecule is C=CCN(CCOC)C(=O)c1ccc(S(=O)(=O)Cl)cc1F. The summed E-state index contributed by atoms with van der Waals surface area (Å²) in [6.07, 6.45) is 1.50. The summed E-state index contributed by atoms with van der Waals surface area (Å²) in [7, 11) is 2.57. The molecule has 1 aromatic carbocycles. The van der Waals surface area contributed by atoms with Gasteiger partial charge >= 0.3 is 0 Å². The van der Waals surface area contributed by atoms with Gasteiger partial charge in [-0.2, -0.15) is 0 Å². The maximum atomic E-state index is 13.9. The molecule has 0 N–H and O–H groups in total. The summed E-state index contributed by atoms with van der Waals surface area (Å²) in [6, 6.07) is 2.90. The molecule has 5 nitrogen and oxygen atoms in total. The molecular weight excluding hydrogens is 321 g/mol. The molecule has 0 atom stereocenters. The van der Waals surface area contributed by atoms with Crippen LogP contribution in [-0.4, -0.2) is 46.0 Å². The molecule has 0 saturated heterocycles. The van der Waals surface area contributed by atoms with Crippen molar-refractivity contribution in [1.82, 2.24) is 4.90 Å². The quantitative estimate of drug-likeness (QED) is 0.565. The van der Waals surface area contributed by atoms with Crippen LogP contribution >= 0.6 is 10.7 Å². The Labute approximate surface area is 127 Å². The maximum Gasteiger partial charge on any atom is 0.261 e. The van der Waals surface area contributed by atoms with E-state index < -0.39 is 25.7 Å². The van der Waals surface area contributed by atoms with Crippen LogP contribution in [0.15, 0.2) is 35.7 Å². The van der Waals surface area contributed by atoms with Gasteiger partial charge in [-0.25, -0.2) is 12.8 Å². The van der Waals surface area contributed by atoms with E-state index in [2.05, 4.69) is 6.58 Å². The number of carbonyl (C=O) groups excluding carboxylic acids is 1. The first kappa shape index (κ1) is 17.6. The second-order valence-corrected chi connectivity index (χ2v) is 6.68. The largest absolute Gasteiger partial charge is 0.383 e. The molecule has 0 spiro atoms. The Morgan fingerprint density at radius 3 is 2.67 bits per heavy atom. The number of ether oxygens (including phenoxy) is 1. The topological polar surface area (TPSA) is 63.7 Å². The number of hydrogen-bond donors (Lipinski definition) is 0. The van der Waals surface area contributed by atoms with E-state index in [9.17, 15) is 17.6 Å². The Hall–Kier alpha value is -1.44. The highest BCUT2D eigenvalue weighted by Gasteiger charge is 2.20. The lowest BCUT2D eigenvalue weighted by Crippen LogP contribution is -2.34. The van der Waals surface area contributed by atoms with E-state index in [4.69, 9.17) is 15.4 Å². The minimum atomic E-state index is -4.04. The number of rotatable bonds is 7. The van der Waals surface area contributed by atoms with Crippen molar-refractivity contribution in [3.63, 3.8) is 0 Å². The molecule has 8 heteroatoms. The van der Waals surface area contributed by atoms with Gasteiger partial charge in [0.1, 0.15) is 5.82 Å². The Bertz CT molecular complexity index is 633. The van der Waals surface area contributed by atoms with Crippen LogP contribution in [0.5, 0.6) is 0 Å². The van der Waals surface area contributed by atoms with Crippen LogP contribution in [-0.2, 0) is 13.8 Å². The van der Waals surface area contributed by atoms with Gasteiger partial charge in [-0.05, 0) is 18.2 Å². The van der Waals surface area contributed by atoms with E-state index in [0.717, 1.165) is 18.2 Å². The Balaban J connectivity index is 3.08. The Kier molecular flexibility index (Phi) is 6.32. The summed E-state index contributed by atoms with van der Waals surface area (Å²) in [5, 5.41) is 0. The summed E-state index contributed by atoms with van der Waals surface area (Å²) in [4.78, 5) is 13.2. The van der Waals surface area contributed by atoms with Gasteiger partial charge in [0.15, 0.2) is 0 Å². The fourth-order valence-electron chi connectivity index (χ4n) is 1.62. The van der Waals surface area contributed by atoms with E-state index in [1.54, 1.807) is 0 Å². The lowest BCUT2D eigenvalue weighted by Gasteiger charge is -2.21. The van der Waals surface area contributed by atoms with Gasteiger partial charge in [-0.1, -0.05) is 6.08 Å². The van der Waals surface area contributed by atoms with Gasteiger partial charge in [-0.3, -0.25) is 4.79 Å². The standard InChI is InChI=1S/C13H15ClFNO4S/c1-3-6-16(7-8-20-2)13(17)11-5-4-10(9-12(11)15)21(14,18)19/h3-5,9H,1,6-8H2,2H3. The monoisotopic (exact) mass is 335 g/mol. The third kappa shape index (κ3) is 4.80. The van der Waals surface area contributed by atoms with Crippen molar-refractivity contribution in [1.29, 1.82) is 0 Å². The van der Waals surface area contributed by atoms with Crippen LogP contribution in [0.4, 0.5) is 4.39 Å². The molecule has 21 heavy (non-hydrogen) atoms. The minimum Gasteiger partial charge on any atom is -0.383 e. The van der Waals surface area contributed by atoms with Crippen LogP contribution in [0, 0.1) is 5.82 Å². The highest BCUT2D eigenvalue weighted by Crippen LogP contribution is 2.19. The molecule has 0 bridgehead atoms. The zero-order valence-electron chi connectivity index (χ0n) is 11.4. The number of methoxy groups -OCH3 is 1. The first-order valence-electron chi connectivity index (χ1n) is 5.94. The molecule has 1 aromatic rings. The number of nitrogens with zero attached hydrogens (tertiary/aromatic N) is 1. The zero-order chi connectivity index (χ0) is 16.0. The highest BCUT2D eigenvalue weighted by molar-refractivity contribution is 8.13. The lowest BCUT2D eigenvalue weighted by atomic mass is 10.2. The summed E-state index contributed by atoms with van der Waals surface area (Å²) < 4.78 is 41.0. The van der Waals surface area contributed by atoms with Crippen LogP contribution in [0.3, 0.4) is 0 Å². The molecule has 0 fully saturated rings. The predicted molar refractivity (Wildman–Crippen MR) is 77.4 cm³/mol. The van der Waals surface area contributed by atoms with Crippen LogP contribution in [0.25, 0.3) is 0 Å². The molecule has 0 aliphatic heterocycles. The molecule has 0 saturated carbocycles. The molecule has 0 aliphatic rings. The lowest BCUT2D eigenvalue weighted by molar-refractivity contribution is 0.0713. The predicted octanol–water partition coefficient (Wildman–Crippen LogP) is 2.03. The van der Waals surface area contributed by atoms with E-state index >= 15 is 0 Å². The van der Waals surface area contributed by atoms with Gasteiger partial charge in [0.05, 0.1) is 17.1 Å². The second kappa shape index (κ2) is 7.53. The molecule has 0 heterocycles. The smallest absolute Gasteiger partial charge is 0.261 e. The molecular formula is C13H15ClFNO4S. The zero-order valence-corrected chi connectivity index (χ0v) is 13.0. The van der Waals surface area contributed by atoms with Gasteiger partial charge in [0.25, 0.3) is 15.0 Å². The van der Waals surface area contributed by atoms with Crippen molar-refractivity contribution in [3.8, 4) is 0 Å². The van der Waals surface area contributed by atoms with Gasteiger partial charge in [-0.15, -0.1) is 6.58 Å². The summed E-state index contributed by atoms with van der Waals surface area (Å²) >= 11 is 0. The number of amides is 1.